The van der Waals surface area contributed by atoms with Crippen LogP contribution in [0.4, 0.5) is 4.39 Å². The van der Waals surface area contributed by atoms with E-state index in [1.165, 1.54) is 15.4 Å². The van der Waals surface area contributed by atoms with Gasteiger partial charge in [0.25, 0.3) is 5.56 Å². The van der Waals surface area contributed by atoms with Gasteiger partial charge < -0.3 is 4.74 Å². The van der Waals surface area contributed by atoms with E-state index >= 15 is 0 Å². The first-order valence-electron chi connectivity index (χ1n) is 7.98. The van der Waals surface area contributed by atoms with Crippen molar-refractivity contribution in [2.24, 2.45) is 0 Å². The maximum atomic E-state index is 13.9. The molecular formula is C16H15ClFN5O2. The molecule has 3 aromatic rings. The quantitative estimate of drug-likeness (QED) is 0.713. The second-order valence-electron chi connectivity index (χ2n) is 5.92. The van der Waals surface area contributed by atoms with E-state index < -0.39 is 0 Å². The largest absolute Gasteiger partial charge is 0.381 e. The third kappa shape index (κ3) is 2.91. The highest BCUT2D eigenvalue weighted by atomic mass is 35.5. The Hall–Kier alpha value is -2.32. The topological polar surface area (TPSA) is 74.8 Å². The molecule has 9 heteroatoms. The molecular weight excluding hydrogens is 349 g/mol. The Labute approximate surface area is 147 Å². The molecule has 3 heterocycles. The third-order valence-corrected chi connectivity index (χ3v) is 4.71. The van der Waals surface area contributed by atoms with Crippen LogP contribution in [0.5, 0.6) is 0 Å². The molecule has 1 aromatic carbocycles. The van der Waals surface area contributed by atoms with Gasteiger partial charge in [-0.15, -0.1) is 5.10 Å². The van der Waals surface area contributed by atoms with Crippen molar-refractivity contribution >= 4 is 22.6 Å². The van der Waals surface area contributed by atoms with Crippen LogP contribution in [0.25, 0.3) is 11.0 Å². The zero-order valence-corrected chi connectivity index (χ0v) is 14.0. The number of halogens is 2. The Bertz CT molecular complexity index is 980. The van der Waals surface area contributed by atoms with E-state index in [1.807, 2.05) is 0 Å². The van der Waals surface area contributed by atoms with Crippen molar-refractivity contribution in [1.29, 1.82) is 0 Å². The Balaban J connectivity index is 1.75. The molecule has 0 N–H and O–H groups in total. The van der Waals surface area contributed by atoms with E-state index in [2.05, 4.69) is 15.4 Å². The summed E-state index contributed by atoms with van der Waals surface area (Å²) in [5.41, 5.74) is 0.454. The Morgan fingerprint density at radius 2 is 2.00 bits per heavy atom. The maximum Gasteiger partial charge on any atom is 0.298 e. The van der Waals surface area contributed by atoms with Crippen molar-refractivity contribution in [3.05, 3.63) is 51.2 Å². The van der Waals surface area contributed by atoms with Crippen LogP contribution < -0.4 is 5.56 Å². The molecule has 1 aliphatic rings. The molecule has 1 aliphatic heterocycles. The molecule has 0 aliphatic carbocycles. The summed E-state index contributed by atoms with van der Waals surface area (Å²) in [6, 6.07) is 6.29. The van der Waals surface area contributed by atoms with Crippen molar-refractivity contribution < 1.29 is 9.13 Å². The molecule has 0 bridgehead atoms. The minimum Gasteiger partial charge on any atom is -0.381 e. The summed E-state index contributed by atoms with van der Waals surface area (Å²) in [6.45, 7) is 1.27. The van der Waals surface area contributed by atoms with Gasteiger partial charge in [-0.05, 0) is 18.9 Å². The predicted molar refractivity (Wildman–Crippen MR) is 89.2 cm³/mol. The normalized spacial score (nSPS) is 15.8. The van der Waals surface area contributed by atoms with Gasteiger partial charge >= 0.3 is 0 Å². The molecule has 0 amide bonds. The first-order chi connectivity index (χ1) is 12.1. The van der Waals surface area contributed by atoms with Crippen molar-refractivity contribution in [3.63, 3.8) is 0 Å². The summed E-state index contributed by atoms with van der Waals surface area (Å²) in [4.78, 5) is 12.7. The SMILES string of the molecule is O=c1c2nn(Cc3ccccc3F)c(Cl)c2nnn1C1CCOCC1. The molecule has 2 aromatic heterocycles. The number of rotatable bonds is 3. The lowest BCUT2D eigenvalue weighted by Gasteiger charge is -2.21. The van der Waals surface area contributed by atoms with Gasteiger partial charge in [0.05, 0.1) is 12.6 Å². The summed E-state index contributed by atoms with van der Waals surface area (Å²) in [7, 11) is 0. The van der Waals surface area contributed by atoms with Crippen LogP contribution in [-0.2, 0) is 11.3 Å². The van der Waals surface area contributed by atoms with Crippen LogP contribution in [0, 0.1) is 5.82 Å². The van der Waals surface area contributed by atoms with E-state index in [0.29, 0.717) is 31.6 Å². The second kappa shape index (κ2) is 6.53. The molecule has 0 radical (unpaired) electrons. The van der Waals surface area contributed by atoms with Crippen LogP contribution in [0.15, 0.2) is 29.1 Å². The fourth-order valence-corrected chi connectivity index (χ4v) is 3.19. The number of fused-ring (bicyclic) bond motifs is 1. The van der Waals surface area contributed by atoms with E-state index in [1.54, 1.807) is 18.2 Å². The molecule has 0 saturated carbocycles. The van der Waals surface area contributed by atoms with E-state index in [4.69, 9.17) is 16.3 Å². The lowest BCUT2D eigenvalue weighted by atomic mass is 10.1. The monoisotopic (exact) mass is 363 g/mol. The zero-order chi connectivity index (χ0) is 17.4. The van der Waals surface area contributed by atoms with Gasteiger partial charge in [-0.3, -0.25) is 4.79 Å². The third-order valence-electron chi connectivity index (χ3n) is 4.33. The van der Waals surface area contributed by atoms with Crippen LogP contribution in [0.1, 0.15) is 24.4 Å². The highest BCUT2D eigenvalue weighted by Crippen LogP contribution is 2.22. The minimum absolute atomic E-state index is 0.0614. The molecule has 0 spiro atoms. The van der Waals surface area contributed by atoms with Crippen molar-refractivity contribution in [3.8, 4) is 0 Å². The first-order valence-corrected chi connectivity index (χ1v) is 8.35. The fraction of sp³-hybridized carbons (Fsp3) is 0.375. The lowest BCUT2D eigenvalue weighted by molar-refractivity contribution is 0.0641. The minimum atomic E-state index is -0.358. The average molecular weight is 364 g/mol. The summed E-state index contributed by atoms with van der Waals surface area (Å²) in [5.74, 6) is -0.358. The van der Waals surface area contributed by atoms with Gasteiger partial charge in [-0.2, -0.15) is 5.10 Å². The van der Waals surface area contributed by atoms with Crippen molar-refractivity contribution in [2.75, 3.05) is 13.2 Å². The van der Waals surface area contributed by atoms with E-state index in [9.17, 15) is 9.18 Å². The second-order valence-corrected chi connectivity index (χ2v) is 6.28. The fourth-order valence-electron chi connectivity index (χ4n) is 2.97. The van der Waals surface area contributed by atoms with Gasteiger partial charge in [0.15, 0.2) is 16.2 Å². The number of nitrogens with zero attached hydrogens (tertiary/aromatic N) is 5. The number of hydrogen-bond acceptors (Lipinski definition) is 5. The Morgan fingerprint density at radius 1 is 1.24 bits per heavy atom. The van der Waals surface area contributed by atoms with Crippen LogP contribution in [0.2, 0.25) is 5.15 Å². The van der Waals surface area contributed by atoms with Crippen molar-refractivity contribution in [1.82, 2.24) is 24.8 Å². The molecule has 25 heavy (non-hydrogen) atoms. The van der Waals surface area contributed by atoms with Gasteiger partial charge in [0.1, 0.15) is 5.82 Å². The van der Waals surface area contributed by atoms with Crippen LogP contribution in [-0.4, -0.2) is 38.0 Å². The van der Waals surface area contributed by atoms with Crippen molar-refractivity contribution in [2.45, 2.75) is 25.4 Å². The number of aromatic nitrogens is 5. The summed E-state index contributed by atoms with van der Waals surface area (Å²) in [5, 5.41) is 12.5. The Morgan fingerprint density at radius 3 is 2.76 bits per heavy atom. The van der Waals surface area contributed by atoms with E-state index in [-0.39, 0.29) is 40.1 Å². The molecule has 0 unspecified atom stereocenters. The number of ether oxygens (including phenoxy) is 1. The highest BCUT2D eigenvalue weighted by molar-refractivity contribution is 6.33. The van der Waals surface area contributed by atoms with Gasteiger partial charge in [0.2, 0.25) is 0 Å². The molecule has 4 rings (SSSR count). The molecule has 130 valence electrons. The average Bonchev–Trinajstić information content (AvgIpc) is 2.95. The number of hydrogen-bond donors (Lipinski definition) is 0. The highest BCUT2D eigenvalue weighted by Gasteiger charge is 2.22. The predicted octanol–water partition coefficient (Wildman–Crippen LogP) is 2.18. The van der Waals surface area contributed by atoms with Gasteiger partial charge in [0, 0.05) is 18.8 Å². The molecule has 0 atom stereocenters. The van der Waals surface area contributed by atoms with Gasteiger partial charge in [-0.25, -0.2) is 13.8 Å². The molecule has 1 saturated heterocycles. The van der Waals surface area contributed by atoms with Crippen LogP contribution in [0.3, 0.4) is 0 Å². The summed E-state index contributed by atoms with van der Waals surface area (Å²) >= 11 is 6.28. The zero-order valence-electron chi connectivity index (χ0n) is 13.2. The summed E-state index contributed by atoms with van der Waals surface area (Å²) in [6.07, 6.45) is 1.40. The number of benzene rings is 1. The summed E-state index contributed by atoms with van der Waals surface area (Å²) < 4.78 is 21.9. The lowest BCUT2D eigenvalue weighted by Crippen LogP contribution is -2.32. The molecule has 1 fully saturated rings. The van der Waals surface area contributed by atoms with Crippen LogP contribution >= 0.6 is 11.6 Å². The standard InChI is InChI=1S/C16H15ClFN5O2/c17-15-13-14(20-22(15)9-10-3-1-2-4-12(10)18)16(24)23(21-19-13)11-5-7-25-8-6-11/h1-4,11H,5-9H2. The maximum absolute atomic E-state index is 13.9. The smallest absolute Gasteiger partial charge is 0.298 e. The Kier molecular flexibility index (Phi) is 4.22. The van der Waals surface area contributed by atoms with Gasteiger partial charge in [-0.1, -0.05) is 35.0 Å². The first kappa shape index (κ1) is 16.2. The van der Waals surface area contributed by atoms with E-state index in [0.717, 1.165) is 0 Å². The molecule has 7 nitrogen and oxygen atoms in total.